The summed E-state index contributed by atoms with van der Waals surface area (Å²) in [7, 11) is 1.43. The van der Waals surface area contributed by atoms with Crippen LogP contribution >= 0.6 is 0 Å². The Bertz CT molecular complexity index is 538. The maximum absolute atomic E-state index is 11.2. The number of aliphatic hydroxyl groups excluding tert-OH is 1. The van der Waals surface area contributed by atoms with Crippen molar-refractivity contribution < 1.29 is 24.1 Å². The fraction of sp³-hybridized carbons (Fsp3) is 0.808. The van der Waals surface area contributed by atoms with Gasteiger partial charge in [-0.2, -0.15) is 0 Å². The summed E-state index contributed by atoms with van der Waals surface area (Å²) in [6, 6.07) is 0. The molecule has 5 heteroatoms. The van der Waals surface area contributed by atoms with Crippen LogP contribution in [0.1, 0.15) is 90.4 Å². The van der Waals surface area contributed by atoms with E-state index in [1.807, 2.05) is 0 Å². The second-order valence-corrected chi connectivity index (χ2v) is 9.00. The average molecular weight is 437 g/mol. The molecule has 0 bridgehead atoms. The lowest BCUT2D eigenvalue weighted by Crippen LogP contribution is -2.27. The molecular formula is C26H44O5. The summed E-state index contributed by atoms with van der Waals surface area (Å²) >= 11 is 0. The van der Waals surface area contributed by atoms with Crippen molar-refractivity contribution in [2.45, 2.75) is 109 Å². The first-order chi connectivity index (χ1) is 15.1. The topological polar surface area (TPSA) is 65.0 Å². The molecule has 5 atom stereocenters. The molecule has 1 saturated heterocycles. The summed E-state index contributed by atoms with van der Waals surface area (Å²) in [6.45, 7) is 3.03. The number of allylic oxidation sites excluding steroid dienone is 3. The SMILES string of the molecule is CCCCC[C@@H](/C=C/[C@H]1CC[C@@H](O)[C@@H]1C/C=C\CCCC(=O)OC)OC1CCCCO1. The quantitative estimate of drug-likeness (QED) is 0.215. The Balaban J connectivity index is 1.83. The zero-order valence-electron chi connectivity index (χ0n) is 19.7. The third-order valence-electron chi connectivity index (χ3n) is 6.52. The Kier molecular flexibility index (Phi) is 13.1. The van der Waals surface area contributed by atoms with Gasteiger partial charge in [0.05, 0.1) is 19.3 Å². The average Bonchev–Trinajstić information content (AvgIpc) is 3.14. The largest absolute Gasteiger partial charge is 0.469 e. The lowest BCUT2D eigenvalue weighted by atomic mass is 9.90. The predicted octanol–water partition coefficient (Wildman–Crippen LogP) is 5.71. The Morgan fingerprint density at radius 1 is 1.16 bits per heavy atom. The van der Waals surface area contributed by atoms with Gasteiger partial charge in [0.2, 0.25) is 0 Å². The molecule has 5 nitrogen and oxygen atoms in total. The zero-order valence-corrected chi connectivity index (χ0v) is 19.7. The molecular weight excluding hydrogens is 392 g/mol. The van der Waals surface area contributed by atoms with Crippen LogP contribution in [0.15, 0.2) is 24.3 Å². The van der Waals surface area contributed by atoms with Crippen LogP contribution in [-0.4, -0.2) is 43.3 Å². The molecule has 1 heterocycles. The van der Waals surface area contributed by atoms with E-state index in [1.165, 1.54) is 32.8 Å². The fourth-order valence-corrected chi connectivity index (χ4v) is 4.57. The third kappa shape index (κ3) is 10.3. The second-order valence-electron chi connectivity index (χ2n) is 9.00. The van der Waals surface area contributed by atoms with E-state index in [2.05, 4.69) is 36.0 Å². The monoisotopic (exact) mass is 436 g/mol. The maximum atomic E-state index is 11.2. The van der Waals surface area contributed by atoms with Gasteiger partial charge >= 0.3 is 5.97 Å². The summed E-state index contributed by atoms with van der Waals surface area (Å²) in [6.07, 6.45) is 21.5. The Hall–Kier alpha value is -1.17. The van der Waals surface area contributed by atoms with Gasteiger partial charge < -0.3 is 19.3 Å². The van der Waals surface area contributed by atoms with Gasteiger partial charge in [-0.1, -0.05) is 50.5 Å². The van der Waals surface area contributed by atoms with E-state index in [9.17, 15) is 9.90 Å². The number of carbonyl (C=O) groups excluding carboxylic acids is 1. The number of hydrogen-bond donors (Lipinski definition) is 1. The molecule has 0 aromatic heterocycles. The van der Waals surface area contributed by atoms with Crippen molar-refractivity contribution in [2.75, 3.05) is 13.7 Å². The van der Waals surface area contributed by atoms with Crippen LogP contribution in [0.5, 0.6) is 0 Å². The molecule has 2 rings (SSSR count). The van der Waals surface area contributed by atoms with E-state index >= 15 is 0 Å². The normalized spacial score (nSPS) is 27.8. The highest BCUT2D eigenvalue weighted by Gasteiger charge is 2.32. The number of ether oxygens (including phenoxy) is 3. The molecule has 0 aromatic rings. The lowest BCUT2D eigenvalue weighted by molar-refractivity contribution is -0.179. The predicted molar refractivity (Wildman–Crippen MR) is 124 cm³/mol. The van der Waals surface area contributed by atoms with Crippen LogP contribution in [0.25, 0.3) is 0 Å². The molecule has 0 amide bonds. The fourth-order valence-electron chi connectivity index (χ4n) is 4.57. The minimum absolute atomic E-state index is 0.0667. The molecule has 2 aliphatic rings. The van der Waals surface area contributed by atoms with Gasteiger partial charge in [-0.15, -0.1) is 0 Å². The summed E-state index contributed by atoms with van der Waals surface area (Å²) < 4.78 is 16.8. The van der Waals surface area contributed by atoms with Crippen molar-refractivity contribution in [3.8, 4) is 0 Å². The third-order valence-corrected chi connectivity index (χ3v) is 6.52. The minimum Gasteiger partial charge on any atom is -0.469 e. The molecule has 2 fully saturated rings. The number of aliphatic hydroxyl groups is 1. The molecule has 0 aromatic carbocycles. The molecule has 1 aliphatic carbocycles. The van der Waals surface area contributed by atoms with E-state index in [1.54, 1.807) is 0 Å². The number of unbranched alkanes of at least 4 members (excludes halogenated alkanes) is 3. The van der Waals surface area contributed by atoms with E-state index in [-0.39, 0.29) is 30.4 Å². The first-order valence-electron chi connectivity index (χ1n) is 12.5. The molecule has 31 heavy (non-hydrogen) atoms. The standard InChI is InChI=1S/C26H44O5/c1-3-4-7-12-22(31-26-15-10-11-20-30-26)18-16-21-17-19-24(27)23(21)13-8-5-6-9-14-25(28)29-2/h5,8,16,18,21-24,26-27H,3-4,6-7,9-15,17,19-20H2,1-2H3/b8-5-,18-16+/t21-,22-,23+,24+,26?/m0/s1. The Morgan fingerprint density at radius 2 is 2.03 bits per heavy atom. The van der Waals surface area contributed by atoms with E-state index < -0.39 is 0 Å². The molecule has 178 valence electrons. The van der Waals surface area contributed by atoms with Gasteiger partial charge in [-0.25, -0.2) is 0 Å². The first-order valence-corrected chi connectivity index (χ1v) is 12.5. The van der Waals surface area contributed by atoms with Crippen molar-refractivity contribution in [1.82, 2.24) is 0 Å². The Labute approximate surface area is 189 Å². The first kappa shape index (κ1) is 26.1. The van der Waals surface area contributed by atoms with Crippen LogP contribution in [0.4, 0.5) is 0 Å². The molecule has 1 saturated carbocycles. The molecule has 0 spiro atoms. The van der Waals surface area contributed by atoms with Crippen molar-refractivity contribution in [1.29, 1.82) is 0 Å². The molecule has 1 unspecified atom stereocenters. The number of hydrogen-bond acceptors (Lipinski definition) is 5. The van der Waals surface area contributed by atoms with Gasteiger partial charge in [0.15, 0.2) is 6.29 Å². The Morgan fingerprint density at radius 3 is 2.77 bits per heavy atom. The van der Waals surface area contributed by atoms with Crippen molar-refractivity contribution in [3.05, 3.63) is 24.3 Å². The van der Waals surface area contributed by atoms with Crippen molar-refractivity contribution >= 4 is 5.97 Å². The smallest absolute Gasteiger partial charge is 0.305 e. The summed E-state index contributed by atoms with van der Waals surface area (Å²) in [5.41, 5.74) is 0. The number of carbonyl (C=O) groups is 1. The highest BCUT2D eigenvalue weighted by atomic mass is 16.7. The minimum atomic E-state index is -0.240. The number of methoxy groups -OCH3 is 1. The summed E-state index contributed by atoms with van der Waals surface area (Å²) in [5, 5.41) is 10.5. The maximum Gasteiger partial charge on any atom is 0.305 e. The van der Waals surface area contributed by atoms with Gasteiger partial charge in [-0.3, -0.25) is 4.79 Å². The van der Waals surface area contributed by atoms with Crippen LogP contribution < -0.4 is 0 Å². The van der Waals surface area contributed by atoms with Crippen molar-refractivity contribution in [3.63, 3.8) is 0 Å². The zero-order chi connectivity index (χ0) is 22.3. The van der Waals surface area contributed by atoms with Gasteiger partial charge in [-0.05, 0) is 69.6 Å². The van der Waals surface area contributed by atoms with Gasteiger partial charge in [0, 0.05) is 13.0 Å². The number of esters is 1. The highest BCUT2D eigenvalue weighted by Crippen LogP contribution is 2.36. The van der Waals surface area contributed by atoms with Crippen LogP contribution in [0.2, 0.25) is 0 Å². The van der Waals surface area contributed by atoms with Gasteiger partial charge in [0.1, 0.15) is 0 Å². The second kappa shape index (κ2) is 15.6. The lowest BCUT2D eigenvalue weighted by Gasteiger charge is -2.27. The van der Waals surface area contributed by atoms with E-state index in [0.29, 0.717) is 12.3 Å². The van der Waals surface area contributed by atoms with Crippen LogP contribution in [0.3, 0.4) is 0 Å². The van der Waals surface area contributed by atoms with Gasteiger partial charge in [0.25, 0.3) is 0 Å². The van der Waals surface area contributed by atoms with Crippen LogP contribution in [0, 0.1) is 11.8 Å². The molecule has 0 radical (unpaired) electrons. The van der Waals surface area contributed by atoms with Crippen LogP contribution in [-0.2, 0) is 19.0 Å². The van der Waals surface area contributed by atoms with E-state index in [4.69, 9.17) is 9.47 Å². The summed E-state index contributed by atoms with van der Waals surface area (Å²) in [4.78, 5) is 11.2. The highest BCUT2D eigenvalue weighted by molar-refractivity contribution is 5.69. The summed E-state index contributed by atoms with van der Waals surface area (Å²) in [5.74, 6) is 0.494. The van der Waals surface area contributed by atoms with Crippen molar-refractivity contribution in [2.24, 2.45) is 11.8 Å². The molecule has 1 aliphatic heterocycles. The van der Waals surface area contributed by atoms with E-state index in [0.717, 1.165) is 58.0 Å². The number of rotatable bonds is 14. The molecule has 1 N–H and O–H groups in total.